The summed E-state index contributed by atoms with van der Waals surface area (Å²) in [6.45, 7) is -3.42. The summed E-state index contributed by atoms with van der Waals surface area (Å²) in [5.41, 5.74) is 2.66. The second kappa shape index (κ2) is 5.54. The van der Waals surface area contributed by atoms with Crippen molar-refractivity contribution in [2.45, 2.75) is 0 Å². The van der Waals surface area contributed by atoms with E-state index in [4.69, 9.17) is 9.79 Å². The summed E-state index contributed by atoms with van der Waals surface area (Å²) < 4.78 is 19.0. The van der Waals surface area contributed by atoms with Crippen molar-refractivity contribution < 1.29 is 14.4 Å². The minimum Gasteiger partial charge on any atom is -0.374 e. The number of fused-ring (bicyclic) bond motifs is 1. The van der Waals surface area contributed by atoms with Gasteiger partial charge in [-0.15, -0.1) is 0 Å². The van der Waals surface area contributed by atoms with Gasteiger partial charge in [0.1, 0.15) is 11.0 Å². The summed E-state index contributed by atoms with van der Waals surface area (Å²) >= 11 is 1.83. The lowest BCUT2D eigenvalue weighted by molar-refractivity contribution is 0.397. The zero-order valence-corrected chi connectivity index (χ0v) is 12.1. The van der Waals surface area contributed by atoms with E-state index in [0.717, 1.165) is 16.7 Å². The van der Waals surface area contributed by atoms with Crippen molar-refractivity contribution in [2.75, 3.05) is 24.2 Å². The average Bonchev–Trinajstić information content (AvgIpc) is 2.73. The van der Waals surface area contributed by atoms with E-state index in [-0.39, 0.29) is 0 Å². The first-order valence-electron chi connectivity index (χ1n) is 5.09. The normalized spacial score (nSPS) is 11.9. The van der Waals surface area contributed by atoms with Gasteiger partial charge in [0, 0.05) is 25.0 Å². The Morgan fingerprint density at radius 3 is 2.83 bits per heavy atom. The highest BCUT2D eigenvalue weighted by Gasteiger charge is 2.13. The van der Waals surface area contributed by atoms with Crippen LogP contribution in [0.25, 0.3) is 11.0 Å². The third-order valence-electron chi connectivity index (χ3n) is 2.36. The average molecular weight is 305 g/mol. The molecule has 0 amide bonds. The van der Waals surface area contributed by atoms with E-state index in [9.17, 15) is 4.57 Å². The molecule has 0 bridgehead atoms. The van der Waals surface area contributed by atoms with Crippen LogP contribution in [0.4, 0.5) is 5.69 Å². The van der Waals surface area contributed by atoms with Gasteiger partial charge in [-0.1, -0.05) is 0 Å². The van der Waals surface area contributed by atoms with E-state index in [1.54, 1.807) is 0 Å². The molecule has 1 heterocycles. The molecule has 2 N–H and O–H groups in total. The Bertz CT molecular complexity index is 585. The summed E-state index contributed by atoms with van der Waals surface area (Å²) in [6.07, 6.45) is 0. The number of aromatic nitrogens is 2. The van der Waals surface area contributed by atoms with E-state index < -0.39 is 6.80 Å². The fraction of sp³-hybridized carbons (Fsp3) is 0.333. The maximum absolute atomic E-state index is 10.7. The molecule has 0 radical (unpaired) electrons. The standard InChI is InChI=1S/C9H12N3O3PS2/c1-12(4-5-17-16(13,14)15)7-2-3-8-9(6-7)11-18-10-8/h2-3,6H,4-5H2,1H3,(H2,13,14,15). The number of anilines is 1. The molecule has 0 unspecified atom stereocenters. The van der Waals surface area contributed by atoms with Crippen LogP contribution in [0, 0.1) is 0 Å². The molecule has 9 heteroatoms. The fourth-order valence-electron chi connectivity index (χ4n) is 1.43. The Balaban J connectivity index is 1.99. The third-order valence-corrected chi connectivity index (χ3v) is 5.18. The van der Waals surface area contributed by atoms with Crippen molar-refractivity contribution in [3.05, 3.63) is 18.2 Å². The van der Waals surface area contributed by atoms with Gasteiger partial charge in [0.25, 0.3) is 0 Å². The molecule has 6 nitrogen and oxygen atoms in total. The van der Waals surface area contributed by atoms with E-state index in [1.165, 1.54) is 11.7 Å². The smallest absolute Gasteiger partial charge is 0.374 e. The minimum absolute atomic E-state index is 0.369. The van der Waals surface area contributed by atoms with Gasteiger partial charge in [-0.3, -0.25) is 0 Å². The monoisotopic (exact) mass is 305 g/mol. The van der Waals surface area contributed by atoms with Gasteiger partial charge in [0.2, 0.25) is 0 Å². The van der Waals surface area contributed by atoms with Crippen molar-refractivity contribution >= 4 is 46.6 Å². The molecule has 1 aromatic carbocycles. The van der Waals surface area contributed by atoms with Crippen LogP contribution in [0.3, 0.4) is 0 Å². The van der Waals surface area contributed by atoms with Crippen LogP contribution in [-0.4, -0.2) is 37.9 Å². The highest BCUT2D eigenvalue weighted by molar-refractivity contribution is 8.54. The molecule has 98 valence electrons. The molecule has 0 aliphatic heterocycles. The van der Waals surface area contributed by atoms with Gasteiger partial charge in [0.05, 0.1) is 11.7 Å². The first kappa shape index (κ1) is 13.8. The number of benzene rings is 1. The molecule has 0 aliphatic carbocycles. The Kier molecular flexibility index (Phi) is 4.24. The highest BCUT2D eigenvalue weighted by atomic mass is 32.7. The van der Waals surface area contributed by atoms with Crippen molar-refractivity contribution in [2.24, 2.45) is 0 Å². The fourth-order valence-corrected chi connectivity index (χ4v) is 3.50. The zero-order valence-electron chi connectivity index (χ0n) is 9.55. The number of hydrogen-bond donors (Lipinski definition) is 2. The van der Waals surface area contributed by atoms with Crippen LogP contribution in [0.5, 0.6) is 0 Å². The lowest BCUT2D eigenvalue weighted by Crippen LogP contribution is -2.20. The van der Waals surface area contributed by atoms with Crippen LogP contribution in [0.1, 0.15) is 0 Å². The van der Waals surface area contributed by atoms with Crippen LogP contribution in [0.15, 0.2) is 18.2 Å². The molecule has 2 rings (SSSR count). The lowest BCUT2D eigenvalue weighted by atomic mass is 10.2. The molecule has 18 heavy (non-hydrogen) atoms. The van der Waals surface area contributed by atoms with E-state index in [2.05, 4.69) is 8.75 Å². The summed E-state index contributed by atoms with van der Waals surface area (Å²) in [4.78, 5) is 19.4. The van der Waals surface area contributed by atoms with Gasteiger partial charge >= 0.3 is 6.80 Å². The first-order valence-corrected chi connectivity index (χ1v) is 9.02. The molecular weight excluding hydrogens is 293 g/mol. The summed E-state index contributed by atoms with van der Waals surface area (Å²) in [7, 11) is 1.88. The second-order valence-electron chi connectivity index (χ2n) is 3.68. The quantitative estimate of drug-likeness (QED) is 0.816. The number of nitrogens with zero attached hydrogens (tertiary/aromatic N) is 3. The lowest BCUT2D eigenvalue weighted by Gasteiger charge is -2.18. The van der Waals surface area contributed by atoms with E-state index in [1.807, 2.05) is 30.1 Å². The molecule has 1 aromatic heterocycles. The van der Waals surface area contributed by atoms with Crippen LogP contribution in [-0.2, 0) is 4.57 Å². The van der Waals surface area contributed by atoms with E-state index >= 15 is 0 Å². The Hall–Kier alpha value is -0.660. The van der Waals surface area contributed by atoms with Gasteiger partial charge < -0.3 is 14.7 Å². The van der Waals surface area contributed by atoms with Crippen molar-refractivity contribution in [3.8, 4) is 0 Å². The molecule has 2 aromatic rings. The molecule has 0 spiro atoms. The van der Waals surface area contributed by atoms with Crippen LogP contribution >= 0.6 is 29.9 Å². The minimum atomic E-state index is -3.97. The van der Waals surface area contributed by atoms with Crippen LogP contribution in [0.2, 0.25) is 0 Å². The molecule has 0 saturated heterocycles. The molecule has 0 saturated carbocycles. The number of rotatable bonds is 5. The maximum atomic E-state index is 10.7. The van der Waals surface area contributed by atoms with Gasteiger partial charge in [-0.05, 0) is 29.6 Å². The van der Waals surface area contributed by atoms with Crippen molar-refractivity contribution in [3.63, 3.8) is 0 Å². The summed E-state index contributed by atoms with van der Waals surface area (Å²) in [5.74, 6) is 0.369. The third kappa shape index (κ3) is 3.66. The van der Waals surface area contributed by atoms with Gasteiger partial charge in [0.15, 0.2) is 0 Å². The molecular formula is C9H12N3O3PS2. The predicted octanol–water partition coefficient (Wildman–Crippen LogP) is 1.95. The second-order valence-corrected chi connectivity index (χ2v) is 8.06. The maximum Gasteiger partial charge on any atom is 0.384 e. The molecule has 0 aliphatic rings. The Labute approximate surface area is 112 Å². The molecule has 0 atom stereocenters. The number of hydrogen-bond acceptors (Lipinski definition) is 6. The van der Waals surface area contributed by atoms with Gasteiger partial charge in [-0.25, -0.2) is 4.57 Å². The summed E-state index contributed by atoms with van der Waals surface area (Å²) in [6, 6.07) is 5.73. The first-order chi connectivity index (χ1) is 8.46. The van der Waals surface area contributed by atoms with Gasteiger partial charge in [-0.2, -0.15) is 8.75 Å². The van der Waals surface area contributed by atoms with Crippen molar-refractivity contribution in [1.82, 2.24) is 8.75 Å². The Morgan fingerprint density at radius 1 is 1.39 bits per heavy atom. The van der Waals surface area contributed by atoms with Crippen molar-refractivity contribution in [1.29, 1.82) is 0 Å². The largest absolute Gasteiger partial charge is 0.384 e. The predicted molar refractivity (Wildman–Crippen MR) is 75.2 cm³/mol. The van der Waals surface area contributed by atoms with E-state index in [0.29, 0.717) is 23.7 Å². The SMILES string of the molecule is CN(CCSP(=O)(O)O)c1ccc2nsnc2c1. The Morgan fingerprint density at radius 2 is 2.11 bits per heavy atom. The van der Waals surface area contributed by atoms with Crippen LogP contribution < -0.4 is 4.90 Å². The topological polar surface area (TPSA) is 86.6 Å². The highest BCUT2D eigenvalue weighted by Crippen LogP contribution is 2.49. The molecule has 0 fully saturated rings. The zero-order chi connectivity index (χ0) is 13.2. The summed E-state index contributed by atoms with van der Waals surface area (Å²) in [5, 5.41) is 0.